The zero-order valence-electron chi connectivity index (χ0n) is 18.0. The van der Waals surface area contributed by atoms with E-state index in [1.807, 2.05) is 0 Å². The summed E-state index contributed by atoms with van der Waals surface area (Å²) in [5.74, 6) is 0.613. The van der Waals surface area contributed by atoms with E-state index in [9.17, 15) is 18.0 Å². The van der Waals surface area contributed by atoms with E-state index in [0.717, 1.165) is 6.07 Å². The maximum Gasteiger partial charge on any atom is 0.417 e. The van der Waals surface area contributed by atoms with Crippen LogP contribution >= 0.6 is 11.6 Å². The molecule has 0 saturated heterocycles. The van der Waals surface area contributed by atoms with Crippen molar-refractivity contribution in [1.29, 1.82) is 0 Å². The zero-order chi connectivity index (χ0) is 25.0. The molecule has 0 fully saturated rings. The number of nitrogens with zero attached hydrogens (tertiary/aromatic N) is 2. The zero-order valence-corrected chi connectivity index (χ0v) is 18.7. The number of nitrogens with two attached hydrogens (primary N) is 1. The highest BCUT2D eigenvalue weighted by Gasteiger charge is 2.33. The van der Waals surface area contributed by atoms with Crippen LogP contribution in [0.1, 0.15) is 15.9 Å². The van der Waals surface area contributed by atoms with Gasteiger partial charge < -0.3 is 20.5 Å². The van der Waals surface area contributed by atoms with Crippen molar-refractivity contribution in [1.82, 2.24) is 9.97 Å². The summed E-state index contributed by atoms with van der Waals surface area (Å²) in [6.07, 6.45) is -3.15. The summed E-state index contributed by atoms with van der Waals surface area (Å²) in [5.41, 5.74) is 5.79. The van der Waals surface area contributed by atoms with E-state index in [-0.39, 0.29) is 5.56 Å². The van der Waals surface area contributed by atoms with E-state index in [1.165, 1.54) is 12.3 Å². The molecule has 0 aliphatic carbocycles. The predicted molar refractivity (Wildman–Crippen MR) is 125 cm³/mol. The third kappa shape index (κ3) is 5.97. The van der Waals surface area contributed by atoms with E-state index >= 15 is 0 Å². The summed E-state index contributed by atoms with van der Waals surface area (Å²) < 4.78 is 50.4. The number of benzene rings is 3. The molecule has 0 radical (unpaired) electrons. The smallest absolute Gasteiger partial charge is 0.417 e. The molecule has 0 saturated carbocycles. The van der Waals surface area contributed by atoms with E-state index in [0.29, 0.717) is 53.3 Å². The lowest BCUT2D eigenvalue weighted by atomic mass is 10.1. The van der Waals surface area contributed by atoms with Gasteiger partial charge in [-0.05, 0) is 54.6 Å². The highest BCUT2D eigenvalue weighted by molar-refractivity contribution is 6.31. The third-order valence-electron chi connectivity index (χ3n) is 4.74. The van der Waals surface area contributed by atoms with Crippen LogP contribution in [0.25, 0.3) is 11.0 Å². The molecule has 3 aromatic carbocycles. The van der Waals surface area contributed by atoms with Gasteiger partial charge in [-0.1, -0.05) is 11.6 Å². The lowest BCUT2D eigenvalue weighted by molar-refractivity contribution is -0.137. The van der Waals surface area contributed by atoms with Crippen LogP contribution in [0.5, 0.6) is 17.4 Å². The minimum Gasteiger partial charge on any atom is -0.475 e. The first-order valence-electron chi connectivity index (χ1n) is 10.3. The molecule has 7 nitrogen and oxygen atoms in total. The highest BCUT2D eigenvalue weighted by atomic mass is 35.5. The molecule has 0 aliphatic rings. The van der Waals surface area contributed by atoms with Gasteiger partial charge in [0.1, 0.15) is 18.1 Å². The number of halogens is 4. The van der Waals surface area contributed by atoms with Crippen molar-refractivity contribution in [3.63, 3.8) is 0 Å². The molecule has 35 heavy (non-hydrogen) atoms. The molecule has 4 aromatic rings. The topological polar surface area (TPSA) is 99.4 Å². The number of hydrogen-bond donors (Lipinski definition) is 2. The molecule has 1 heterocycles. The van der Waals surface area contributed by atoms with Crippen LogP contribution in [-0.4, -0.2) is 29.0 Å². The molecular weight excluding hydrogens is 485 g/mol. The maximum absolute atomic E-state index is 13.0. The predicted octanol–water partition coefficient (Wildman–Crippen LogP) is 5.68. The second kappa shape index (κ2) is 10.2. The largest absolute Gasteiger partial charge is 0.475 e. The second-order valence-corrected chi connectivity index (χ2v) is 7.68. The number of carbonyl (C=O) groups is 1. The van der Waals surface area contributed by atoms with Gasteiger partial charge in [0.25, 0.3) is 5.91 Å². The Morgan fingerprint density at radius 1 is 1.00 bits per heavy atom. The van der Waals surface area contributed by atoms with Gasteiger partial charge in [-0.2, -0.15) is 13.2 Å². The van der Waals surface area contributed by atoms with Gasteiger partial charge in [0.15, 0.2) is 0 Å². The lowest BCUT2D eigenvalue weighted by Crippen LogP contribution is -2.14. The molecule has 1 aromatic heterocycles. The van der Waals surface area contributed by atoms with E-state index in [4.69, 9.17) is 26.8 Å². The van der Waals surface area contributed by atoms with Crippen molar-refractivity contribution in [3.8, 4) is 17.4 Å². The first-order chi connectivity index (χ1) is 16.7. The SMILES string of the molecule is NCCOc1cnc2ccc(Oc3ccc(NC(=O)c4ccc(Cl)c(C(F)(F)F)c4)cc3)cc2n1. The molecule has 11 heteroatoms. The molecule has 0 aliphatic heterocycles. The molecule has 4 rings (SSSR count). The fourth-order valence-corrected chi connectivity index (χ4v) is 3.32. The van der Waals surface area contributed by atoms with Crippen molar-refractivity contribution in [2.75, 3.05) is 18.5 Å². The Morgan fingerprint density at radius 3 is 2.46 bits per heavy atom. The van der Waals surface area contributed by atoms with Crippen molar-refractivity contribution in [2.24, 2.45) is 5.73 Å². The summed E-state index contributed by atoms with van der Waals surface area (Å²) >= 11 is 5.61. The van der Waals surface area contributed by atoms with Gasteiger partial charge >= 0.3 is 6.18 Å². The Kier molecular flexibility index (Phi) is 7.04. The summed E-state index contributed by atoms with van der Waals surface area (Å²) in [6.45, 7) is 0.675. The number of ether oxygens (including phenoxy) is 2. The van der Waals surface area contributed by atoms with Gasteiger partial charge in [-0.15, -0.1) is 0 Å². The number of fused-ring (bicyclic) bond motifs is 1. The second-order valence-electron chi connectivity index (χ2n) is 7.27. The molecule has 0 atom stereocenters. The Morgan fingerprint density at radius 2 is 1.74 bits per heavy atom. The minimum absolute atomic E-state index is 0.172. The quantitative estimate of drug-likeness (QED) is 0.337. The number of rotatable bonds is 7. The third-order valence-corrected chi connectivity index (χ3v) is 5.07. The molecular formula is C24H18ClF3N4O3. The van der Waals surface area contributed by atoms with Crippen molar-refractivity contribution in [2.45, 2.75) is 6.18 Å². The molecule has 3 N–H and O–H groups in total. The Bertz CT molecular complexity index is 1360. The Hall–Kier alpha value is -3.89. The van der Waals surface area contributed by atoms with E-state index in [1.54, 1.807) is 42.5 Å². The van der Waals surface area contributed by atoms with Crippen LogP contribution in [-0.2, 0) is 6.18 Å². The number of alkyl halides is 3. The van der Waals surface area contributed by atoms with Crippen LogP contribution in [0.4, 0.5) is 18.9 Å². The van der Waals surface area contributed by atoms with Gasteiger partial charge in [-0.25, -0.2) is 9.97 Å². The first-order valence-corrected chi connectivity index (χ1v) is 10.7. The van der Waals surface area contributed by atoms with E-state index < -0.39 is 22.7 Å². The minimum atomic E-state index is -4.67. The fraction of sp³-hybridized carbons (Fsp3) is 0.125. The van der Waals surface area contributed by atoms with Crippen LogP contribution in [0.15, 0.2) is 66.9 Å². The Balaban J connectivity index is 1.44. The van der Waals surface area contributed by atoms with Crippen LogP contribution in [0.2, 0.25) is 5.02 Å². The van der Waals surface area contributed by atoms with Gasteiger partial charge in [0.05, 0.1) is 27.8 Å². The molecule has 0 unspecified atom stereocenters. The normalized spacial score (nSPS) is 11.3. The number of anilines is 1. The maximum atomic E-state index is 13.0. The molecule has 180 valence electrons. The summed E-state index contributed by atoms with van der Waals surface area (Å²) in [7, 11) is 0. The first kappa shape index (κ1) is 24.2. The summed E-state index contributed by atoms with van der Waals surface area (Å²) in [4.78, 5) is 21.1. The number of amides is 1. The Labute approximate surface area is 202 Å². The molecule has 0 bridgehead atoms. The number of nitrogens with one attached hydrogen (secondary N) is 1. The van der Waals surface area contributed by atoms with Crippen LogP contribution < -0.4 is 20.5 Å². The van der Waals surface area contributed by atoms with Crippen molar-refractivity contribution >= 4 is 34.2 Å². The van der Waals surface area contributed by atoms with Gasteiger partial charge in [-0.3, -0.25) is 4.79 Å². The fourth-order valence-electron chi connectivity index (χ4n) is 3.10. The summed E-state index contributed by atoms with van der Waals surface area (Å²) in [5, 5.41) is 2.07. The van der Waals surface area contributed by atoms with Gasteiger partial charge in [0.2, 0.25) is 5.88 Å². The standard InChI is InChI=1S/C24H18ClF3N4O3/c25-19-7-1-14(11-18(19)24(26,27)28)23(33)31-15-2-4-16(5-3-15)35-17-6-8-20-21(12-17)32-22(13-30-20)34-10-9-29/h1-8,11-13H,9-10,29H2,(H,31,33). The van der Waals surface area contributed by atoms with Crippen LogP contribution in [0, 0.1) is 0 Å². The number of hydrogen-bond acceptors (Lipinski definition) is 6. The van der Waals surface area contributed by atoms with Gasteiger partial charge in [0, 0.05) is 23.9 Å². The van der Waals surface area contributed by atoms with E-state index in [2.05, 4.69) is 15.3 Å². The van der Waals surface area contributed by atoms with Crippen molar-refractivity contribution < 1.29 is 27.4 Å². The molecule has 0 spiro atoms. The number of aromatic nitrogens is 2. The average Bonchev–Trinajstić information content (AvgIpc) is 2.83. The molecule has 1 amide bonds. The highest BCUT2D eigenvalue weighted by Crippen LogP contribution is 2.35. The van der Waals surface area contributed by atoms with Crippen molar-refractivity contribution in [3.05, 3.63) is 83.0 Å². The number of carbonyl (C=O) groups excluding carboxylic acids is 1. The lowest BCUT2D eigenvalue weighted by Gasteiger charge is -2.12. The monoisotopic (exact) mass is 502 g/mol. The average molecular weight is 503 g/mol. The summed E-state index contributed by atoms with van der Waals surface area (Å²) in [6, 6.07) is 14.5. The van der Waals surface area contributed by atoms with Crippen LogP contribution in [0.3, 0.4) is 0 Å².